The lowest BCUT2D eigenvalue weighted by molar-refractivity contribution is -0.104. The Kier molecular flexibility index (Phi) is 9.47. The van der Waals surface area contributed by atoms with Crippen molar-refractivity contribution in [2.75, 3.05) is 6.54 Å². The van der Waals surface area contributed by atoms with E-state index in [1.807, 2.05) is 0 Å². The highest BCUT2D eigenvalue weighted by molar-refractivity contribution is 5.64. The Balaban J connectivity index is 2.90. The van der Waals surface area contributed by atoms with Gasteiger partial charge < -0.3 is 4.84 Å². The first-order valence-electron chi connectivity index (χ1n) is 4.40. The fraction of sp³-hybridized carbons (Fsp3) is 0.667. The van der Waals surface area contributed by atoms with E-state index in [2.05, 4.69) is 12.4 Å². The molecule has 0 bridgehead atoms. The summed E-state index contributed by atoms with van der Waals surface area (Å²) in [7, 11) is 0. The summed E-state index contributed by atoms with van der Waals surface area (Å²) < 4.78 is 0. The summed E-state index contributed by atoms with van der Waals surface area (Å²) in [6, 6.07) is 0. The third-order valence-electron chi connectivity index (χ3n) is 1.44. The summed E-state index contributed by atoms with van der Waals surface area (Å²) >= 11 is 0. The molecule has 0 aliphatic carbocycles. The zero-order valence-electron chi connectivity index (χ0n) is 7.58. The highest BCUT2D eigenvalue weighted by atomic mass is 16.6. The molecule has 0 aliphatic heterocycles. The third kappa shape index (κ3) is 9.17. The van der Waals surface area contributed by atoms with Crippen molar-refractivity contribution in [3.05, 3.63) is 12.3 Å². The van der Waals surface area contributed by atoms with Gasteiger partial charge in [-0.15, -0.1) is 0 Å². The van der Waals surface area contributed by atoms with Gasteiger partial charge in [-0.3, -0.25) is 4.79 Å². The third-order valence-corrected chi connectivity index (χ3v) is 1.44. The van der Waals surface area contributed by atoms with Crippen LogP contribution in [-0.2, 0) is 9.63 Å². The minimum absolute atomic E-state index is 0.679. The molecule has 70 valence electrons. The number of carbonyl (C=O) groups excluding carboxylic acids is 1. The maximum absolute atomic E-state index is 9.78. The SMILES string of the molecule is CCCCCCNO/C=C\C=O. The number of allylic oxidation sites excluding steroid dienone is 1. The van der Waals surface area contributed by atoms with Crippen LogP contribution in [0.25, 0.3) is 0 Å². The number of hydroxylamine groups is 1. The Labute approximate surface area is 73.7 Å². The van der Waals surface area contributed by atoms with Gasteiger partial charge in [-0.05, 0) is 6.42 Å². The molecule has 0 heterocycles. The van der Waals surface area contributed by atoms with Gasteiger partial charge in [-0.1, -0.05) is 26.2 Å². The average Bonchev–Trinajstić information content (AvgIpc) is 2.10. The quantitative estimate of drug-likeness (QED) is 0.199. The van der Waals surface area contributed by atoms with Crippen molar-refractivity contribution in [1.82, 2.24) is 5.48 Å². The van der Waals surface area contributed by atoms with Crippen molar-refractivity contribution in [2.45, 2.75) is 32.6 Å². The molecule has 0 atom stereocenters. The van der Waals surface area contributed by atoms with E-state index in [9.17, 15) is 4.79 Å². The lowest BCUT2D eigenvalue weighted by Crippen LogP contribution is -2.12. The number of rotatable bonds is 8. The molecule has 12 heavy (non-hydrogen) atoms. The van der Waals surface area contributed by atoms with Gasteiger partial charge in [0.1, 0.15) is 12.5 Å². The lowest BCUT2D eigenvalue weighted by atomic mass is 10.2. The van der Waals surface area contributed by atoms with Crippen LogP contribution in [-0.4, -0.2) is 12.8 Å². The van der Waals surface area contributed by atoms with Crippen molar-refractivity contribution in [2.24, 2.45) is 0 Å². The second-order valence-corrected chi connectivity index (χ2v) is 2.54. The van der Waals surface area contributed by atoms with Crippen molar-refractivity contribution >= 4 is 6.29 Å². The molecule has 0 rings (SSSR count). The monoisotopic (exact) mass is 171 g/mol. The summed E-state index contributed by atoms with van der Waals surface area (Å²) in [4.78, 5) is 14.6. The molecule has 0 saturated heterocycles. The minimum atomic E-state index is 0.679. The van der Waals surface area contributed by atoms with E-state index in [0.29, 0.717) is 6.29 Å². The van der Waals surface area contributed by atoms with E-state index in [-0.39, 0.29) is 0 Å². The van der Waals surface area contributed by atoms with Crippen molar-refractivity contribution in [3.63, 3.8) is 0 Å². The van der Waals surface area contributed by atoms with Crippen LogP contribution in [0.1, 0.15) is 32.6 Å². The summed E-state index contributed by atoms with van der Waals surface area (Å²) in [5.74, 6) is 0. The average molecular weight is 171 g/mol. The van der Waals surface area contributed by atoms with Crippen LogP contribution >= 0.6 is 0 Å². The Bertz CT molecular complexity index is 124. The molecule has 1 N–H and O–H groups in total. The molecule has 0 spiro atoms. The normalized spacial score (nSPS) is 10.4. The number of unbranched alkanes of at least 4 members (excludes halogenated alkanes) is 3. The minimum Gasteiger partial charge on any atom is -0.416 e. The van der Waals surface area contributed by atoms with Gasteiger partial charge in [0.25, 0.3) is 0 Å². The molecule has 0 aromatic rings. The first-order chi connectivity index (χ1) is 5.91. The van der Waals surface area contributed by atoms with E-state index in [1.54, 1.807) is 0 Å². The highest BCUT2D eigenvalue weighted by Gasteiger charge is 1.85. The summed E-state index contributed by atoms with van der Waals surface area (Å²) in [6.45, 7) is 3.01. The maximum Gasteiger partial charge on any atom is 0.145 e. The highest BCUT2D eigenvalue weighted by Crippen LogP contribution is 1.96. The smallest absolute Gasteiger partial charge is 0.145 e. The van der Waals surface area contributed by atoms with Gasteiger partial charge in [0, 0.05) is 12.6 Å². The summed E-state index contributed by atoms with van der Waals surface area (Å²) in [5.41, 5.74) is 2.73. The fourth-order valence-corrected chi connectivity index (χ4v) is 0.802. The number of hydrogen-bond donors (Lipinski definition) is 1. The molecular formula is C9H17NO2. The predicted molar refractivity (Wildman–Crippen MR) is 48.4 cm³/mol. The standard InChI is InChI=1S/C9H17NO2/c1-2-3-4-5-7-10-12-9-6-8-11/h6,8-10H,2-5,7H2,1H3/b9-6-. The van der Waals surface area contributed by atoms with Crippen molar-refractivity contribution < 1.29 is 9.63 Å². The van der Waals surface area contributed by atoms with Gasteiger partial charge in [0.2, 0.25) is 0 Å². The molecule has 0 amide bonds. The fourth-order valence-electron chi connectivity index (χ4n) is 0.802. The molecule has 3 heteroatoms. The number of carbonyl (C=O) groups is 1. The van der Waals surface area contributed by atoms with Crippen molar-refractivity contribution in [1.29, 1.82) is 0 Å². The number of nitrogens with one attached hydrogen (secondary N) is 1. The first kappa shape index (κ1) is 11.2. The molecule has 0 saturated carbocycles. The van der Waals surface area contributed by atoms with Crippen LogP contribution in [0.5, 0.6) is 0 Å². The van der Waals surface area contributed by atoms with E-state index in [1.165, 1.54) is 31.6 Å². The number of aldehydes is 1. The zero-order chi connectivity index (χ0) is 9.07. The van der Waals surface area contributed by atoms with Crippen molar-refractivity contribution in [3.8, 4) is 0 Å². The second-order valence-electron chi connectivity index (χ2n) is 2.54. The van der Waals surface area contributed by atoms with Crippen LogP contribution in [0, 0.1) is 0 Å². The van der Waals surface area contributed by atoms with Crippen LogP contribution in [0.4, 0.5) is 0 Å². The summed E-state index contributed by atoms with van der Waals surface area (Å²) in [5, 5.41) is 0. The van der Waals surface area contributed by atoms with E-state index >= 15 is 0 Å². The van der Waals surface area contributed by atoms with Crippen LogP contribution in [0.15, 0.2) is 12.3 Å². The van der Waals surface area contributed by atoms with Gasteiger partial charge >= 0.3 is 0 Å². The maximum atomic E-state index is 9.78. The van der Waals surface area contributed by atoms with Crippen LogP contribution in [0.3, 0.4) is 0 Å². The van der Waals surface area contributed by atoms with Crippen LogP contribution in [0.2, 0.25) is 0 Å². The van der Waals surface area contributed by atoms with E-state index < -0.39 is 0 Å². The molecule has 0 aromatic carbocycles. The van der Waals surface area contributed by atoms with Gasteiger partial charge in [0.05, 0.1) is 0 Å². The van der Waals surface area contributed by atoms with Gasteiger partial charge in [0.15, 0.2) is 0 Å². The molecule has 0 aromatic heterocycles. The predicted octanol–water partition coefficient (Wildman–Crippen LogP) is 1.80. The van der Waals surface area contributed by atoms with E-state index in [4.69, 9.17) is 4.84 Å². The summed E-state index contributed by atoms with van der Waals surface area (Å²) in [6.07, 6.45) is 8.18. The molecule has 0 radical (unpaired) electrons. The Morgan fingerprint density at radius 1 is 1.33 bits per heavy atom. The van der Waals surface area contributed by atoms with E-state index in [0.717, 1.165) is 13.0 Å². The largest absolute Gasteiger partial charge is 0.416 e. The van der Waals surface area contributed by atoms with Gasteiger partial charge in [-0.25, -0.2) is 0 Å². The molecule has 0 fully saturated rings. The Hall–Kier alpha value is -0.830. The molecule has 0 unspecified atom stereocenters. The second kappa shape index (κ2) is 10.2. The first-order valence-corrected chi connectivity index (χ1v) is 4.40. The molecular weight excluding hydrogens is 154 g/mol. The zero-order valence-corrected chi connectivity index (χ0v) is 7.58. The lowest BCUT2D eigenvalue weighted by Gasteiger charge is -2.01. The topological polar surface area (TPSA) is 38.3 Å². The molecule has 3 nitrogen and oxygen atoms in total. The Morgan fingerprint density at radius 3 is 2.83 bits per heavy atom. The number of hydrogen-bond acceptors (Lipinski definition) is 3. The van der Waals surface area contributed by atoms with Gasteiger partial charge in [-0.2, -0.15) is 5.48 Å². The van der Waals surface area contributed by atoms with Crippen LogP contribution < -0.4 is 5.48 Å². The Morgan fingerprint density at radius 2 is 2.17 bits per heavy atom. The molecule has 0 aliphatic rings.